The first-order valence-electron chi connectivity index (χ1n) is 7.54. The molecule has 0 aromatic heterocycles. The van der Waals surface area contributed by atoms with Crippen LogP contribution in [0.1, 0.15) is 31.7 Å². The number of carbonyl (C=O) groups is 2. The van der Waals surface area contributed by atoms with Crippen LogP contribution in [0.4, 0.5) is 4.39 Å². The summed E-state index contributed by atoms with van der Waals surface area (Å²) in [4.78, 5) is 25.0. The standard InChI is InChI=1S/C16H19ClFNO4/c1-2-8-19(9-10-11(17)4-3-5-12(10)18)15(20)13-6-7-14(23-13)16(21)22/h3-5,13-14H,2,6-9H2,1H3,(H,21,22)/t13-,14+/m0/s1. The van der Waals surface area contributed by atoms with Crippen molar-refractivity contribution < 1.29 is 23.8 Å². The summed E-state index contributed by atoms with van der Waals surface area (Å²) in [5, 5.41) is 9.20. The van der Waals surface area contributed by atoms with Crippen LogP contribution in [0.5, 0.6) is 0 Å². The minimum Gasteiger partial charge on any atom is -0.479 e. The van der Waals surface area contributed by atoms with Gasteiger partial charge in [-0.3, -0.25) is 4.79 Å². The molecule has 0 saturated carbocycles. The Morgan fingerprint density at radius 1 is 1.39 bits per heavy atom. The van der Waals surface area contributed by atoms with Crippen molar-refractivity contribution in [1.82, 2.24) is 4.90 Å². The van der Waals surface area contributed by atoms with Gasteiger partial charge in [0.15, 0.2) is 6.10 Å². The van der Waals surface area contributed by atoms with Crippen molar-refractivity contribution in [3.8, 4) is 0 Å². The zero-order valence-electron chi connectivity index (χ0n) is 12.8. The number of amides is 1. The molecule has 1 aromatic carbocycles. The lowest BCUT2D eigenvalue weighted by Gasteiger charge is -2.25. The monoisotopic (exact) mass is 343 g/mol. The van der Waals surface area contributed by atoms with E-state index in [2.05, 4.69) is 0 Å². The van der Waals surface area contributed by atoms with Crippen molar-refractivity contribution in [2.24, 2.45) is 0 Å². The van der Waals surface area contributed by atoms with E-state index in [9.17, 15) is 14.0 Å². The molecule has 0 aliphatic carbocycles. The van der Waals surface area contributed by atoms with Gasteiger partial charge in [-0.05, 0) is 31.4 Å². The predicted molar refractivity (Wildman–Crippen MR) is 82.6 cm³/mol. The summed E-state index contributed by atoms with van der Waals surface area (Å²) in [6.07, 6.45) is -0.419. The molecule has 1 aromatic rings. The Hall–Kier alpha value is -1.66. The van der Waals surface area contributed by atoms with Crippen LogP contribution in [0.15, 0.2) is 18.2 Å². The van der Waals surface area contributed by atoms with Crippen LogP contribution in [0.2, 0.25) is 5.02 Å². The van der Waals surface area contributed by atoms with Crippen molar-refractivity contribution in [3.63, 3.8) is 0 Å². The van der Waals surface area contributed by atoms with Gasteiger partial charge in [0.25, 0.3) is 5.91 Å². The lowest BCUT2D eigenvalue weighted by atomic mass is 10.1. The fourth-order valence-electron chi connectivity index (χ4n) is 2.62. The van der Waals surface area contributed by atoms with E-state index in [-0.39, 0.29) is 23.0 Å². The zero-order chi connectivity index (χ0) is 17.0. The SMILES string of the molecule is CCCN(Cc1c(F)cccc1Cl)C(=O)[C@@H]1CC[C@H](C(=O)O)O1. The molecule has 0 bridgehead atoms. The molecule has 0 radical (unpaired) electrons. The highest BCUT2D eigenvalue weighted by Gasteiger charge is 2.36. The number of carbonyl (C=O) groups excluding carboxylic acids is 1. The van der Waals surface area contributed by atoms with E-state index < -0.39 is 24.0 Å². The van der Waals surface area contributed by atoms with E-state index in [4.69, 9.17) is 21.4 Å². The number of carboxylic acids is 1. The van der Waals surface area contributed by atoms with E-state index in [0.717, 1.165) is 0 Å². The van der Waals surface area contributed by atoms with Crippen LogP contribution in [0.25, 0.3) is 0 Å². The molecule has 23 heavy (non-hydrogen) atoms. The molecule has 1 N–H and O–H groups in total. The van der Waals surface area contributed by atoms with Gasteiger partial charge in [-0.25, -0.2) is 9.18 Å². The average molecular weight is 344 g/mol. The summed E-state index contributed by atoms with van der Waals surface area (Å²) in [5.41, 5.74) is 0.253. The van der Waals surface area contributed by atoms with E-state index in [0.29, 0.717) is 25.8 Å². The third-order valence-corrected chi connectivity index (χ3v) is 4.14. The van der Waals surface area contributed by atoms with E-state index in [1.165, 1.54) is 17.0 Å². The molecule has 1 fully saturated rings. The van der Waals surface area contributed by atoms with Gasteiger partial charge in [0.2, 0.25) is 0 Å². The normalized spacial score (nSPS) is 20.5. The maximum atomic E-state index is 13.9. The minimum absolute atomic E-state index is 0.0375. The number of halogens is 2. The summed E-state index contributed by atoms with van der Waals surface area (Å²) in [6.45, 7) is 2.36. The molecule has 1 aliphatic rings. The van der Waals surface area contributed by atoms with Gasteiger partial charge in [-0.1, -0.05) is 24.6 Å². The average Bonchev–Trinajstić information content (AvgIpc) is 2.99. The first-order chi connectivity index (χ1) is 10.9. The summed E-state index contributed by atoms with van der Waals surface area (Å²) < 4.78 is 19.2. The highest BCUT2D eigenvalue weighted by Crippen LogP contribution is 2.25. The molecule has 5 nitrogen and oxygen atoms in total. The van der Waals surface area contributed by atoms with Crippen molar-refractivity contribution >= 4 is 23.5 Å². The third-order valence-electron chi connectivity index (χ3n) is 3.79. The van der Waals surface area contributed by atoms with Crippen LogP contribution in [-0.4, -0.2) is 40.6 Å². The summed E-state index contributed by atoms with van der Waals surface area (Å²) in [7, 11) is 0. The maximum Gasteiger partial charge on any atom is 0.332 e. The zero-order valence-corrected chi connectivity index (χ0v) is 13.6. The highest BCUT2D eigenvalue weighted by atomic mass is 35.5. The van der Waals surface area contributed by atoms with E-state index >= 15 is 0 Å². The second-order valence-electron chi connectivity index (χ2n) is 5.49. The second kappa shape index (κ2) is 7.75. The molecule has 2 rings (SSSR count). The number of aliphatic carboxylic acids is 1. The molecule has 126 valence electrons. The number of ether oxygens (including phenoxy) is 1. The van der Waals surface area contributed by atoms with Crippen LogP contribution in [0, 0.1) is 5.82 Å². The molecule has 0 spiro atoms. The molecular weight excluding hydrogens is 325 g/mol. The van der Waals surface area contributed by atoms with E-state index in [1.54, 1.807) is 6.07 Å². The Morgan fingerprint density at radius 2 is 2.09 bits per heavy atom. The van der Waals surface area contributed by atoms with Gasteiger partial charge in [0.1, 0.15) is 11.9 Å². The predicted octanol–water partition coefficient (Wildman–Crippen LogP) is 2.85. The van der Waals surface area contributed by atoms with Crippen LogP contribution in [-0.2, 0) is 20.9 Å². The Morgan fingerprint density at radius 3 is 2.65 bits per heavy atom. The molecule has 1 heterocycles. The number of hydrogen-bond acceptors (Lipinski definition) is 3. The molecule has 0 unspecified atom stereocenters. The lowest BCUT2D eigenvalue weighted by Crippen LogP contribution is -2.40. The maximum absolute atomic E-state index is 13.9. The highest BCUT2D eigenvalue weighted by molar-refractivity contribution is 6.31. The first-order valence-corrected chi connectivity index (χ1v) is 7.91. The Balaban J connectivity index is 2.12. The van der Waals surface area contributed by atoms with Crippen LogP contribution < -0.4 is 0 Å². The molecule has 1 aliphatic heterocycles. The van der Waals surface area contributed by atoms with Gasteiger partial charge in [0.05, 0.1) is 6.54 Å². The van der Waals surface area contributed by atoms with Gasteiger partial charge < -0.3 is 14.7 Å². The number of carboxylic acid groups (broad SMARTS) is 1. The summed E-state index contributed by atoms with van der Waals surface area (Å²) in [5.74, 6) is -1.86. The molecule has 1 amide bonds. The third kappa shape index (κ3) is 4.20. The Labute approximate surface area is 139 Å². The van der Waals surface area contributed by atoms with Gasteiger partial charge in [-0.15, -0.1) is 0 Å². The van der Waals surface area contributed by atoms with Crippen molar-refractivity contribution in [3.05, 3.63) is 34.6 Å². The molecule has 2 atom stereocenters. The fourth-order valence-corrected chi connectivity index (χ4v) is 2.84. The van der Waals surface area contributed by atoms with E-state index in [1.807, 2.05) is 6.92 Å². The van der Waals surface area contributed by atoms with Crippen LogP contribution >= 0.6 is 11.6 Å². The van der Waals surface area contributed by atoms with Gasteiger partial charge >= 0.3 is 5.97 Å². The lowest BCUT2D eigenvalue weighted by molar-refractivity contribution is -0.155. The Kier molecular flexibility index (Phi) is 5.96. The fraction of sp³-hybridized carbons (Fsp3) is 0.500. The number of nitrogens with zero attached hydrogens (tertiary/aromatic N) is 1. The quantitative estimate of drug-likeness (QED) is 0.862. The number of rotatable bonds is 6. The van der Waals surface area contributed by atoms with Crippen molar-refractivity contribution in [2.45, 2.75) is 44.9 Å². The van der Waals surface area contributed by atoms with Gasteiger partial charge in [0, 0.05) is 17.1 Å². The van der Waals surface area contributed by atoms with Crippen LogP contribution in [0.3, 0.4) is 0 Å². The minimum atomic E-state index is -1.07. The molecule has 7 heteroatoms. The van der Waals surface area contributed by atoms with Crippen molar-refractivity contribution in [1.29, 1.82) is 0 Å². The number of hydrogen-bond donors (Lipinski definition) is 1. The molecular formula is C16H19ClFNO4. The smallest absolute Gasteiger partial charge is 0.332 e. The Bertz CT molecular complexity index is 575. The first kappa shape index (κ1) is 17.7. The summed E-state index contributed by atoms with van der Waals surface area (Å²) in [6, 6.07) is 4.37. The topological polar surface area (TPSA) is 66.8 Å². The second-order valence-corrected chi connectivity index (χ2v) is 5.90. The molecule has 1 saturated heterocycles. The number of benzene rings is 1. The largest absolute Gasteiger partial charge is 0.479 e. The van der Waals surface area contributed by atoms with Gasteiger partial charge in [-0.2, -0.15) is 0 Å². The van der Waals surface area contributed by atoms with Crippen molar-refractivity contribution in [2.75, 3.05) is 6.54 Å². The summed E-state index contributed by atoms with van der Waals surface area (Å²) >= 11 is 6.02.